The number of aliphatic imine (C=N–C) groups is 2. The summed E-state index contributed by atoms with van der Waals surface area (Å²) in [6.45, 7) is 3.47. The molecule has 0 spiro atoms. The first-order valence-electron chi connectivity index (χ1n) is 9.65. The summed E-state index contributed by atoms with van der Waals surface area (Å²) in [5.74, 6) is -0.770. The molecule has 7 heteroatoms. The number of hydrogen-bond donors (Lipinski definition) is 0. The predicted molar refractivity (Wildman–Crippen MR) is 112 cm³/mol. The van der Waals surface area contributed by atoms with Crippen LogP contribution in [0.4, 0.5) is 13.2 Å². The summed E-state index contributed by atoms with van der Waals surface area (Å²) in [6.07, 6.45) is 5.45. The molecular weight excluding hydrogens is 391 g/mol. The van der Waals surface area contributed by atoms with E-state index in [1.165, 1.54) is 18.2 Å². The Hall–Kier alpha value is -3.22. The Morgan fingerprint density at radius 3 is 2.83 bits per heavy atom. The van der Waals surface area contributed by atoms with Crippen molar-refractivity contribution in [2.24, 2.45) is 15.9 Å². The van der Waals surface area contributed by atoms with E-state index in [1.807, 2.05) is 36.2 Å². The Morgan fingerprint density at radius 2 is 2.07 bits per heavy atom. The van der Waals surface area contributed by atoms with Crippen LogP contribution in [0.5, 0.6) is 0 Å². The molecule has 0 saturated heterocycles. The van der Waals surface area contributed by atoms with Crippen LogP contribution in [-0.4, -0.2) is 42.5 Å². The van der Waals surface area contributed by atoms with Crippen LogP contribution >= 0.6 is 0 Å². The average molecular weight is 411 g/mol. The SMILES string of the molecule is Cc1c(/C=C/C2=CC(C=O)=CCC2C(F)(F)F)cccc1C1=CN2CCN=C2C=N1. The van der Waals surface area contributed by atoms with Crippen LogP contribution in [0.3, 0.4) is 0 Å². The van der Waals surface area contributed by atoms with Crippen molar-refractivity contribution in [1.29, 1.82) is 0 Å². The zero-order chi connectivity index (χ0) is 21.3. The van der Waals surface area contributed by atoms with Gasteiger partial charge in [-0.25, -0.2) is 0 Å². The maximum absolute atomic E-state index is 13.4. The van der Waals surface area contributed by atoms with Crippen molar-refractivity contribution in [2.75, 3.05) is 13.1 Å². The smallest absolute Gasteiger partial charge is 0.328 e. The quantitative estimate of drug-likeness (QED) is 0.672. The number of rotatable bonds is 4. The second-order valence-corrected chi connectivity index (χ2v) is 7.36. The highest BCUT2D eigenvalue weighted by Crippen LogP contribution is 2.38. The first-order valence-corrected chi connectivity index (χ1v) is 9.65. The second kappa shape index (κ2) is 7.89. The number of allylic oxidation sites excluding steroid dienone is 5. The standard InChI is InChI=1S/C23H20F3N3O/c1-15-17(6-7-18-11-16(14-30)5-8-20(18)23(24,25)26)3-2-4-19(15)21-13-29-10-9-27-22(29)12-28-21/h2-7,11-14,20H,8-10H2,1H3/b7-6+. The molecule has 0 radical (unpaired) electrons. The van der Waals surface area contributed by atoms with Crippen molar-refractivity contribution >= 4 is 30.1 Å². The molecule has 1 aromatic carbocycles. The first kappa shape index (κ1) is 20.1. The number of nitrogens with zero attached hydrogens (tertiary/aromatic N) is 3. The summed E-state index contributed by atoms with van der Waals surface area (Å²) < 4.78 is 40.2. The molecule has 1 atom stereocenters. The largest absolute Gasteiger partial charge is 0.396 e. The zero-order valence-corrected chi connectivity index (χ0v) is 16.4. The fourth-order valence-corrected chi connectivity index (χ4v) is 3.78. The highest BCUT2D eigenvalue weighted by atomic mass is 19.4. The summed E-state index contributed by atoms with van der Waals surface area (Å²) in [6, 6.07) is 5.66. The fourth-order valence-electron chi connectivity index (χ4n) is 3.78. The van der Waals surface area contributed by atoms with Crippen LogP contribution in [0.15, 0.2) is 63.8 Å². The molecule has 2 heterocycles. The van der Waals surface area contributed by atoms with E-state index in [4.69, 9.17) is 0 Å². The van der Waals surface area contributed by atoms with Crippen LogP contribution in [0.2, 0.25) is 0 Å². The highest BCUT2D eigenvalue weighted by Gasteiger charge is 2.41. The minimum absolute atomic E-state index is 0.0877. The van der Waals surface area contributed by atoms with Crippen LogP contribution < -0.4 is 0 Å². The van der Waals surface area contributed by atoms with Gasteiger partial charge in [0.15, 0.2) is 0 Å². The number of alkyl halides is 3. The van der Waals surface area contributed by atoms with Gasteiger partial charge in [0.25, 0.3) is 0 Å². The van der Waals surface area contributed by atoms with E-state index < -0.39 is 12.1 Å². The molecule has 0 fully saturated rings. The number of hydrogen-bond acceptors (Lipinski definition) is 4. The third kappa shape index (κ3) is 3.92. The lowest BCUT2D eigenvalue weighted by Gasteiger charge is -2.23. The maximum Gasteiger partial charge on any atom is 0.396 e. The Bertz CT molecular complexity index is 1060. The maximum atomic E-state index is 13.4. The van der Waals surface area contributed by atoms with Crippen molar-refractivity contribution in [3.05, 3.63) is 70.5 Å². The van der Waals surface area contributed by atoms with Crippen molar-refractivity contribution in [2.45, 2.75) is 19.5 Å². The number of benzene rings is 1. The van der Waals surface area contributed by atoms with Gasteiger partial charge in [-0.3, -0.25) is 14.8 Å². The van der Waals surface area contributed by atoms with Crippen LogP contribution in [0, 0.1) is 12.8 Å². The monoisotopic (exact) mass is 411 g/mol. The van der Waals surface area contributed by atoms with Gasteiger partial charge in [-0.1, -0.05) is 36.4 Å². The number of fused-ring (bicyclic) bond motifs is 1. The van der Waals surface area contributed by atoms with E-state index in [-0.39, 0.29) is 17.6 Å². The van der Waals surface area contributed by atoms with Gasteiger partial charge in [-0.05, 0) is 36.1 Å². The number of carbonyl (C=O) groups is 1. The number of halogens is 3. The molecule has 0 aromatic heterocycles. The molecule has 4 nitrogen and oxygen atoms in total. The highest BCUT2D eigenvalue weighted by molar-refractivity contribution is 6.32. The molecule has 4 rings (SSSR count). The summed E-state index contributed by atoms with van der Waals surface area (Å²) in [5.41, 5.74) is 3.78. The van der Waals surface area contributed by atoms with Crippen molar-refractivity contribution in [1.82, 2.24) is 4.90 Å². The van der Waals surface area contributed by atoms with Crippen LogP contribution in [0.25, 0.3) is 11.8 Å². The van der Waals surface area contributed by atoms with Crippen molar-refractivity contribution in [3.63, 3.8) is 0 Å². The van der Waals surface area contributed by atoms with E-state index in [0.29, 0.717) is 6.29 Å². The predicted octanol–water partition coefficient (Wildman–Crippen LogP) is 4.74. The second-order valence-electron chi connectivity index (χ2n) is 7.36. The molecule has 0 N–H and O–H groups in total. The van der Waals surface area contributed by atoms with Gasteiger partial charge in [0.05, 0.1) is 24.4 Å². The Morgan fingerprint density at radius 1 is 1.23 bits per heavy atom. The molecule has 30 heavy (non-hydrogen) atoms. The molecule has 154 valence electrons. The van der Waals surface area contributed by atoms with E-state index >= 15 is 0 Å². The minimum atomic E-state index is -4.37. The van der Waals surface area contributed by atoms with Gasteiger partial charge in [0, 0.05) is 23.9 Å². The van der Waals surface area contributed by atoms with Crippen LogP contribution in [0.1, 0.15) is 23.1 Å². The van der Waals surface area contributed by atoms with E-state index in [2.05, 4.69) is 9.98 Å². The summed E-state index contributed by atoms with van der Waals surface area (Å²) in [4.78, 5) is 21.9. The normalized spacial score (nSPS) is 21.2. The van der Waals surface area contributed by atoms with Crippen molar-refractivity contribution in [3.8, 4) is 0 Å². The van der Waals surface area contributed by atoms with E-state index in [9.17, 15) is 18.0 Å². The molecule has 1 unspecified atom stereocenters. The third-order valence-electron chi connectivity index (χ3n) is 5.47. The summed E-state index contributed by atoms with van der Waals surface area (Å²) in [5, 5.41) is 0. The molecule has 1 aromatic rings. The van der Waals surface area contributed by atoms with Crippen LogP contribution in [-0.2, 0) is 4.79 Å². The van der Waals surface area contributed by atoms with E-state index in [1.54, 1.807) is 12.3 Å². The summed E-state index contributed by atoms with van der Waals surface area (Å²) in [7, 11) is 0. The Labute approximate surface area is 172 Å². The van der Waals surface area contributed by atoms with Gasteiger partial charge < -0.3 is 4.90 Å². The molecular formula is C23H20F3N3O. The van der Waals surface area contributed by atoms with E-state index in [0.717, 1.165) is 41.3 Å². The summed E-state index contributed by atoms with van der Waals surface area (Å²) >= 11 is 0. The van der Waals surface area contributed by atoms with Gasteiger partial charge >= 0.3 is 6.18 Å². The molecule has 2 aliphatic heterocycles. The van der Waals surface area contributed by atoms with Gasteiger partial charge in [-0.2, -0.15) is 13.2 Å². The molecule has 0 saturated carbocycles. The number of carbonyl (C=O) groups excluding carboxylic acids is 1. The lowest BCUT2D eigenvalue weighted by molar-refractivity contribution is -0.162. The number of amidine groups is 1. The topological polar surface area (TPSA) is 45.0 Å². The Balaban J connectivity index is 1.64. The Kier molecular flexibility index (Phi) is 5.28. The lowest BCUT2D eigenvalue weighted by atomic mass is 9.87. The molecule has 0 bridgehead atoms. The first-order chi connectivity index (χ1) is 14.4. The molecule has 0 amide bonds. The van der Waals surface area contributed by atoms with Gasteiger partial charge in [-0.15, -0.1) is 0 Å². The third-order valence-corrected chi connectivity index (χ3v) is 5.47. The lowest BCUT2D eigenvalue weighted by Crippen LogP contribution is -2.25. The van der Waals surface area contributed by atoms with Gasteiger partial charge in [0.2, 0.25) is 0 Å². The fraction of sp³-hybridized carbons (Fsp3) is 0.261. The van der Waals surface area contributed by atoms with Gasteiger partial charge in [0.1, 0.15) is 12.1 Å². The molecule has 1 aliphatic carbocycles. The number of aldehydes is 1. The minimum Gasteiger partial charge on any atom is -0.328 e. The zero-order valence-electron chi connectivity index (χ0n) is 16.4. The van der Waals surface area contributed by atoms with Crippen molar-refractivity contribution < 1.29 is 18.0 Å². The average Bonchev–Trinajstić information content (AvgIpc) is 3.20. The molecule has 3 aliphatic rings.